The van der Waals surface area contributed by atoms with Crippen LogP contribution in [0.4, 0.5) is 5.69 Å². The number of anilines is 1. The lowest BCUT2D eigenvalue weighted by Crippen LogP contribution is -2.45. The van der Waals surface area contributed by atoms with Crippen molar-refractivity contribution in [3.63, 3.8) is 0 Å². The normalized spacial score (nSPS) is 21.2. The number of piperidine rings is 1. The molecule has 9 heteroatoms. The molecule has 0 radical (unpaired) electrons. The lowest BCUT2D eigenvalue weighted by Gasteiger charge is -2.31. The van der Waals surface area contributed by atoms with Crippen LogP contribution in [-0.2, 0) is 26.2 Å². The van der Waals surface area contributed by atoms with Gasteiger partial charge in [0, 0.05) is 19.6 Å². The zero-order chi connectivity index (χ0) is 22.9. The van der Waals surface area contributed by atoms with Gasteiger partial charge >= 0.3 is 0 Å². The molecule has 2 atom stereocenters. The van der Waals surface area contributed by atoms with Crippen molar-refractivity contribution in [2.75, 3.05) is 18.4 Å². The Bertz CT molecular complexity index is 1130. The Balaban J connectivity index is 1.44. The van der Waals surface area contributed by atoms with Crippen molar-refractivity contribution in [2.45, 2.75) is 44.2 Å². The molecule has 2 aromatic carbocycles. The second-order valence-corrected chi connectivity index (χ2v) is 10.3. The summed E-state index contributed by atoms with van der Waals surface area (Å²) in [6.45, 7) is 4.51. The monoisotopic (exact) mass is 457 g/mol. The van der Waals surface area contributed by atoms with Gasteiger partial charge in [-0.05, 0) is 50.5 Å². The molecule has 0 aliphatic carbocycles. The summed E-state index contributed by atoms with van der Waals surface area (Å²) in [5.74, 6) is -0.450. The molecule has 0 unspecified atom stereocenters. The standard InChI is InChI=1S/C23H27N3O5S/c1-15-5-7-17(8-6-15)13-24-23(28)18-4-3-11-26(14-18)32(29,30)19-9-10-21-20(12-19)25-22(27)16(2)31-21/h5-10,12,16,18H,3-4,11,13-14H2,1-2H3,(H,24,28)(H,25,27)/t16-,18+/m0/s1. The smallest absolute Gasteiger partial charge is 0.265 e. The van der Waals surface area contributed by atoms with E-state index in [0.717, 1.165) is 11.1 Å². The maximum Gasteiger partial charge on any atom is 0.265 e. The van der Waals surface area contributed by atoms with E-state index < -0.39 is 22.0 Å². The van der Waals surface area contributed by atoms with Crippen LogP contribution in [0.5, 0.6) is 5.75 Å². The van der Waals surface area contributed by atoms with Gasteiger partial charge < -0.3 is 15.4 Å². The van der Waals surface area contributed by atoms with Gasteiger partial charge in [-0.2, -0.15) is 4.31 Å². The minimum atomic E-state index is -3.82. The van der Waals surface area contributed by atoms with E-state index in [1.54, 1.807) is 13.0 Å². The van der Waals surface area contributed by atoms with Crippen molar-refractivity contribution in [3.8, 4) is 5.75 Å². The summed E-state index contributed by atoms with van der Waals surface area (Å²) in [4.78, 5) is 24.7. The molecular weight excluding hydrogens is 430 g/mol. The van der Waals surface area contributed by atoms with Crippen LogP contribution in [-0.4, -0.2) is 43.7 Å². The van der Waals surface area contributed by atoms with Crippen molar-refractivity contribution in [1.29, 1.82) is 0 Å². The van der Waals surface area contributed by atoms with Gasteiger partial charge in [-0.25, -0.2) is 8.42 Å². The van der Waals surface area contributed by atoms with Gasteiger partial charge in [-0.1, -0.05) is 29.8 Å². The SMILES string of the molecule is Cc1ccc(CNC(=O)[C@@H]2CCCN(S(=O)(=O)c3ccc4c(c3)NC(=O)[C@H](C)O4)C2)cc1. The van der Waals surface area contributed by atoms with Crippen LogP contribution in [0.25, 0.3) is 0 Å². The highest BCUT2D eigenvalue weighted by Gasteiger charge is 2.34. The molecule has 2 heterocycles. The van der Waals surface area contributed by atoms with Gasteiger partial charge in [0.2, 0.25) is 15.9 Å². The number of nitrogens with one attached hydrogen (secondary N) is 2. The maximum absolute atomic E-state index is 13.2. The lowest BCUT2D eigenvalue weighted by atomic mass is 9.98. The molecule has 32 heavy (non-hydrogen) atoms. The summed E-state index contributed by atoms with van der Waals surface area (Å²) in [5.41, 5.74) is 2.48. The topological polar surface area (TPSA) is 105 Å². The zero-order valence-corrected chi connectivity index (χ0v) is 18.9. The molecule has 170 valence electrons. The van der Waals surface area contributed by atoms with Crippen LogP contribution in [0.2, 0.25) is 0 Å². The average Bonchev–Trinajstić information content (AvgIpc) is 2.79. The molecule has 2 aromatic rings. The second kappa shape index (κ2) is 8.91. The minimum Gasteiger partial charge on any atom is -0.479 e. The molecule has 2 aliphatic heterocycles. The average molecular weight is 458 g/mol. The first kappa shape index (κ1) is 22.3. The molecule has 1 saturated heterocycles. The number of nitrogens with zero attached hydrogens (tertiary/aromatic N) is 1. The molecule has 2 aliphatic rings. The van der Waals surface area contributed by atoms with E-state index in [2.05, 4.69) is 10.6 Å². The van der Waals surface area contributed by atoms with E-state index in [-0.39, 0.29) is 23.3 Å². The first-order valence-electron chi connectivity index (χ1n) is 10.7. The third kappa shape index (κ3) is 4.63. The van der Waals surface area contributed by atoms with E-state index in [4.69, 9.17) is 4.74 Å². The van der Waals surface area contributed by atoms with Crippen LogP contribution in [0.3, 0.4) is 0 Å². The highest BCUT2D eigenvalue weighted by Crippen LogP contribution is 2.33. The third-order valence-corrected chi connectivity index (χ3v) is 7.72. The fraction of sp³-hybridized carbons (Fsp3) is 0.391. The molecule has 4 rings (SSSR count). The summed E-state index contributed by atoms with van der Waals surface area (Å²) in [7, 11) is -3.82. The van der Waals surface area contributed by atoms with E-state index in [1.807, 2.05) is 31.2 Å². The maximum atomic E-state index is 13.2. The number of carbonyl (C=O) groups is 2. The van der Waals surface area contributed by atoms with Gasteiger partial charge in [0.05, 0.1) is 16.5 Å². The van der Waals surface area contributed by atoms with Crippen molar-refractivity contribution in [2.24, 2.45) is 5.92 Å². The van der Waals surface area contributed by atoms with E-state index in [9.17, 15) is 18.0 Å². The van der Waals surface area contributed by atoms with Gasteiger partial charge in [-0.3, -0.25) is 9.59 Å². The number of fused-ring (bicyclic) bond motifs is 1. The molecule has 1 fully saturated rings. The van der Waals surface area contributed by atoms with E-state index >= 15 is 0 Å². The Kier molecular flexibility index (Phi) is 6.21. The highest BCUT2D eigenvalue weighted by atomic mass is 32.2. The van der Waals surface area contributed by atoms with Crippen molar-refractivity contribution < 1.29 is 22.7 Å². The fourth-order valence-electron chi connectivity index (χ4n) is 3.91. The molecular formula is C23H27N3O5S. The highest BCUT2D eigenvalue weighted by molar-refractivity contribution is 7.89. The molecule has 0 spiro atoms. The second-order valence-electron chi connectivity index (χ2n) is 8.31. The Morgan fingerprint density at radius 2 is 1.97 bits per heavy atom. The Labute approximate surface area is 188 Å². The number of sulfonamides is 1. The number of rotatable bonds is 5. The molecule has 0 aromatic heterocycles. The number of amides is 2. The lowest BCUT2D eigenvalue weighted by molar-refractivity contribution is -0.126. The molecule has 8 nitrogen and oxygen atoms in total. The first-order valence-corrected chi connectivity index (χ1v) is 12.1. The molecule has 0 bridgehead atoms. The van der Waals surface area contributed by atoms with Gasteiger partial charge in [0.15, 0.2) is 6.10 Å². The first-order chi connectivity index (χ1) is 15.2. The minimum absolute atomic E-state index is 0.0652. The van der Waals surface area contributed by atoms with Crippen molar-refractivity contribution in [3.05, 3.63) is 53.6 Å². The number of aryl methyl sites for hydroxylation is 1. The summed E-state index contributed by atoms with van der Waals surface area (Å²) in [5, 5.41) is 5.60. The van der Waals surface area contributed by atoms with E-state index in [0.29, 0.717) is 37.4 Å². The largest absolute Gasteiger partial charge is 0.479 e. The molecule has 2 amide bonds. The van der Waals surface area contributed by atoms with Gasteiger partial charge in [0.25, 0.3) is 5.91 Å². The summed E-state index contributed by atoms with van der Waals surface area (Å²) in [6, 6.07) is 12.3. The van der Waals surface area contributed by atoms with Crippen LogP contribution < -0.4 is 15.4 Å². The number of benzene rings is 2. The number of hydrogen-bond donors (Lipinski definition) is 2. The Morgan fingerprint density at radius 1 is 1.22 bits per heavy atom. The quantitative estimate of drug-likeness (QED) is 0.718. The van der Waals surface area contributed by atoms with Gasteiger partial charge in [-0.15, -0.1) is 0 Å². The van der Waals surface area contributed by atoms with Crippen LogP contribution in [0, 0.1) is 12.8 Å². The number of ether oxygens (including phenoxy) is 1. The van der Waals surface area contributed by atoms with Gasteiger partial charge in [0.1, 0.15) is 5.75 Å². The molecule has 2 N–H and O–H groups in total. The van der Waals surface area contributed by atoms with Crippen molar-refractivity contribution >= 4 is 27.5 Å². The third-order valence-electron chi connectivity index (χ3n) is 5.86. The fourth-order valence-corrected chi connectivity index (χ4v) is 5.46. The molecule has 0 saturated carbocycles. The number of hydrogen-bond acceptors (Lipinski definition) is 5. The Hall–Kier alpha value is -2.91. The summed E-state index contributed by atoms with van der Waals surface area (Å²) < 4.78 is 33.3. The summed E-state index contributed by atoms with van der Waals surface area (Å²) >= 11 is 0. The zero-order valence-electron chi connectivity index (χ0n) is 18.1. The Morgan fingerprint density at radius 3 is 2.72 bits per heavy atom. The number of carbonyl (C=O) groups excluding carboxylic acids is 2. The van der Waals surface area contributed by atoms with Crippen molar-refractivity contribution in [1.82, 2.24) is 9.62 Å². The van der Waals surface area contributed by atoms with Crippen LogP contribution in [0.1, 0.15) is 30.9 Å². The van der Waals surface area contributed by atoms with Crippen LogP contribution in [0.15, 0.2) is 47.4 Å². The summed E-state index contributed by atoms with van der Waals surface area (Å²) in [6.07, 6.45) is 0.605. The van der Waals surface area contributed by atoms with Crippen LogP contribution >= 0.6 is 0 Å². The van der Waals surface area contributed by atoms with E-state index in [1.165, 1.54) is 16.4 Å². The predicted octanol–water partition coefficient (Wildman–Crippen LogP) is 2.43. The predicted molar refractivity (Wildman–Crippen MR) is 120 cm³/mol.